The molecule has 1 aliphatic rings. The second-order valence-corrected chi connectivity index (χ2v) is 9.63. The van der Waals surface area contributed by atoms with E-state index >= 15 is 0 Å². The van der Waals surface area contributed by atoms with E-state index in [0.29, 0.717) is 34.8 Å². The Hall–Kier alpha value is -3.49. The standard InChI is InChI=1S/C22H22FN7O2S/c1-4-7-32-16-10-26-17-15(29-16)5-6-25-19(17)28-13-8-14(18(23)27-9-13)22(3)11-21(2,12-31)33-20(24)30-22/h1,5-6,8-10,31H,7,11-12H2,2-3H3,(H2,24,30)(H,25,28)/t21-,22+/m1/s1. The highest BCUT2D eigenvalue weighted by molar-refractivity contribution is 8.15. The van der Waals surface area contributed by atoms with Crippen molar-refractivity contribution in [3.8, 4) is 18.2 Å². The zero-order chi connectivity index (χ0) is 23.6. The van der Waals surface area contributed by atoms with E-state index in [-0.39, 0.29) is 23.9 Å². The number of halogens is 1. The number of ether oxygens (including phenoxy) is 1. The molecule has 0 spiro atoms. The SMILES string of the molecule is C#CCOc1cnc2c(Nc3cnc(F)c([C@]4(C)C[C@](C)(CO)SC(N)=N4)c3)nccc2n1. The minimum atomic E-state index is -1.00. The highest BCUT2D eigenvalue weighted by Gasteiger charge is 2.43. The Labute approximate surface area is 194 Å². The first kappa shape index (κ1) is 22.7. The number of nitrogens with two attached hydrogens (primary N) is 1. The molecule has 0 aliphatic carbocycles. The number of hydrogen-bond donors (Lipinski definition) is 3. The number of hydrogen-bond acceptors (Lipinski definition) is 10. The molecule has 0 amide bonds. The van der Waals surface area contributed by atoms with Crippen LogP contribution in [0.25, 0.3) is 11.0 Å². The quantitative estimate of drug-likeness (QED) is 0.370. The second-order valence-electron chi connectivity index (χ2n) is 8.03. The van der Waals surface area contributed by atoms with Crippen LogP contribution in [0.1, 0.15) is 25.8 Å². The second kappa shape index (κ2) is 8.80. The molecule has 4 N–H and O–H groups in total. The molecule has 11 heteroatoms. The topological polar surface area (TPSA) is 131 Å². The Morgan fingerprint density at radius 3 is 2.91 bits per heavy atom. The number of pyridine rings is 2. The highest BCUT2D eigenvalue weighted by atomic mass is 32.2. The van der Waals surface area contributed by atoms with Crippen molar-refractivity contribution in [2.75, 3.05) is 18.5 Å². The third-order valence-electron chi connectivity index (χ3n) is 5.18. The van der Waals surface area contributed by atoms with E-state index in [1.54, 1.807) is 25.3 Å². The van der Waals surface area contributed by atoms with Crippen LogP contribution < -0.4 is 15.8 Å². The zero-order valence-electron chi connectivity index (χ0n) is 18.0. The Bertz CT molecular complexity index is 1280. The fourth-order valence-corrected chi connectivity index (χ4v) is 4.97. The lowest BCUT2D eigenvalue weighted by Gasteiger charge is -2.40. The first-order chi connectivity index (χ1) is 15.7. The van der Waals surface area contributed by atoms with Crippen molar-refractivity contribution in [3.05, 3.63) is 42.2 Å². The van der Waals surface area contributed by atoms with E-state index in [4.69, 9.17) is 16.9 Å². The van der Waals surface area contributed by atoms with Crippen molar-refractivity contribution < 1.29 is 14.2 Å². The Morgan fingerprint density at radius 1 is 1.33 bits per heavy atom. The first-order valence-electron chi connectivity index (χ1n) is 10.0. The molecule has 4 heterocycles. The lowest BCUT2D eigenvalue weighted by Crippen LogP contribution is -2.42. The molecule has 0 bridgehead atoms. The summed E-state index contributed by atoms with van der Waals surface area (Å²) in [5.41, 5.74) is 6.79. The van der Waals surface area contributed by atoms with Crippen LogP contribution in [-0.2, 0) is 5.54 Å². The van der Waals surface area contributed by atoms with Gasteiger partial charge in [-0.3, -0.25) is 4.99 Å². The van der Waals surface area contributed by atoms with Gasteiger partial charge in [-0.1, -0.05) is 17.7 Å². The van der Waals surface area contributed by atoms with E-state index in [9.17, 15) is 9.50 Å². The molecule has 0 saturated heterocycles. The van der Waals surface area contributed by atoms with Gasteiger partial charge in [0.2, 0.25) is 11.8 Å². The summed E-state index contributed by atoms with van der Waals surface area (Å²) in [6, 6.07) is 3.31. The molecular formula is C22H22FN7O2S. The van der Waals surface area contributed by atoms with E-state index in [1.807, 2.05) is 6.92 Å². The largest absolute Gasteiger partial charge is 0.463 e. The van der Waals surface area contributed by atoms with Crippen molar-refractivity contribution in [3.63, 3.8) is 0 Å². The van der Waals surface area contributed by atoms with Gasteiger partial charge in [0.1, 0.15) is 5.52 Å². The number of aliphatic imine (C=N–C) groups is 1. The number of amidine groups is 1. The predicted molar refractivity (Wildman–Crippen MR) is 126 cm³/mol. The molecule has 3 aromatic rings. The third kappa shape index (κ3) is 4.67. The maximum Gasteiger partial charge on any atom is 0.233 e. The number of nitrogens with zero attached hydrogens (tertiary/aromatic N) is 5. The van der Waals surface area contributed by atoms with Gasteiger partial charge in [0, 0.05) is 16.5 Å². The van der Waals surface area contributed by atoms with Crippen LogP contribution >= 0.6 is 11.8 Å². The van der Waals surface area contributed by atoms with Gasteiger partial charge < -0.3 is 20.9 Å². The summed E-state index contributed by atoms with van der Waals surface area (Å²) in [6.45, 7) is 3.60. The van der Waals surface area contributed by atoms with E-state index in [1.165, 1.54) is 24.2 Å². The summed E-state index contributed by atoms with van der Waals surface area (Å²) in [5, 5.41) is 13.3. The smallest absolute Gasteiger partial charge is 0.233 e. The Balaban J connectivity index is 1.69. The Kier molecular flexibility index (Phi) is 6.05. The number of aliphatic hydroxyl groups is 1. The van der Waals surface area contributed by atoms with Crippen LogP contribution in [0, 0.1) is 18.3 Å². The summed E-state index contributed by atoms with van der Waals surface area (Å²) >= 11 is 1.28. The van der Waals surface area contributed by atoms with Crippen molar-refractivity contribution in [1.82, 2.24) is 19.9 Å². The molecule has 170 valence electrons. The number of rotatable bonds is 6. The molecule has 0 fully saturated rings. The first-order valence-corrected chi connectivity index (χ1v) is 10.8. The molecule has 0 unspecified atom stereocenters. The summed E-state index contributed by atoms with van der Waals surface area (Å²) in [6.07, 6.45) is 9.97. The summed E-state index contributed by atoms with van der Waals surface area (Å²) in [7, 11) is 0. The lowest BCUT2D eigenvalue weighted by atomic mass is 9.84. The average Bonchev–Trinajstić information content (AvgIpc) is 2.78. The van der Waals surface area contributed by atoms with Gasteiger partial charge in [-0.05, 0) is 32.4 Å². The van der Waals surface area contributed by atoms with Crippen molar-refractivity contribution in [1.29, 1.82) is 0 Å². The molecule has 3 aromatic heterocycles. The van der Waals surface area contributed by atoms with Gasteiger partial charge in [0.05, 0.1) is 35.7 Å². The van der Waals surface area contributed by atoms with Crippen LogP contribution in [0.4, 0.5) is 15.9 Å². The molecule has 33 heavy (non-hydrogen) atoms. The number of thioether (sulfide) groups is 1. The van der Waals surface area contributed by atoms with Crippen LogP contribution in [0.3, 0.4) is 0 Å². The zero-order valence-corrected chi connectivity index (χ0v) is 18.9. The summed E-state index contributed by atoms with van der Waals surface area (Å²) in [5.74, 6) is 2.43. The molecule has 0 radical (unpaired) electrons. The Morgan fingerprint density at radius 2 is 2.15 bits per heavy atom. The number of aliphatic hydroxyl groups excluding tert-OH is 1. The third-order valence-corrected chi connectivity index (χ3v) is 6.25. The van der Waals surface area contributed by atoms with Crippen LogP contribution in [-0.4, -0.2) is 48.2 Å². The fourth-order valence-electron chi connectivity index (χ4n) is 3.80. The van der Waals surface area contributed by atoms with Gasteiger partial charge in [0.15, 0.2) is 17.6 Å². The average molecular weight is 468 g/mol. The molecule has 1 aliphatic heterocycles. The normalized spacial score (nSPS) is 22.5. The van der Waals surface area contributed by atoms with Crippen molar-refractivity contribution in [2.45, 2.75) is 30.6 Å². The maximum absolute atomic E-state index is 14.8. The van der Waals surface area contributed by atoms with Crippen molar-refractivity contribution >= 4 is 39.5 Å². The van der Waals surface area contributed by atoms with E-state index < -0.39 is 16.2 Å². The highest BCUT2D eigenvalue weighted by Crippen LogP contribution is 2.45. The predicted octanol–water partition coefficient (Wildman–Crippen LogP) is 2.73. The lowest BCUT2D eigenvalue weighted by molar-refractivity contribution is 0.224. The minimum absolute atomic E-state index is 0.0833. The minimum Gasteiger partial charge on any atom is -0.463 e. The maximum atomic E-state index is 14.8. The van der Waals surface area contributed by atoms with Gasteiger partial charge in [-0.15, -0.1) is 6.42 Å². The summed E-state index contributed by atoms with van der Waals surface area (Å²) < 4.78 is 19.6. The van der Waals surface area contributed by atoms with Gasteiger partial charge in [-0.2, -0.15) is 4.39 Å². The molecule has 2 atom stereocenters. The molecule has 0 saturated carbocycles. The monoisotopic (exact) mass is 467 g/mol. The van der Waals surface area contributed by atoms with Crippen LogP contribution in [0.2, 0.25) is 0 Å². The molecular weight excluding hydrogens is 445 g/mol. The fraction of sp³-hybridized carbons (Fsp3) is 0.318. The molecule has 9 nitrogen and oxygen atoms in total. The van der Waals surface area contributed by atoms with Gasteiger partial charge in [0.25, 0.3) is 0 Å². The number of nitrogens with one attached hydrogen (secondary N) is 1. The van der Waals surface area contributed by atoms with Crippen LogP contribution in [0.15, 0.2) is 35.7 Å². The van der Waals surface area contributed by atoms with Gasteiger partial charge >= 0.3 is 0 Å². The van der Waals surface area contributed by atoms with Crippen molar-refractivity contribution in [2.24, 2.45) is 10.7 Å². The van der Waals surface area contributed by atoms with Crippen LogP contribution in [0.5, 0.6) is 5.88 Å². The molecule has 4 rings (SSSR count). The molecule has 0 aromatic carbocycles. The number of terminal acetylenes is 1. The van der Waals surface area contributed by atoms with Gasteiger partial charge in [-0.25, -0.2) is 19.9 Å². The van der Waals surface area contributed by atoms with E-state index in [0.717, 1.165) is 0 Å². The number of anilines is 2. The number of fused-ring (bicyclic) bond motifs is 1. The van der Waals surface area contributed by atoms with E-state index in [2.05, 4.69) is 36.2 Å². The number of aromatic nitrogens is 4. The summed E-state index contributed by atoms with van der Waals surface area (Å²) in [4.78, 5) is 21.5.